The number of rotatable bonds is 5. The summed E-state index contributed by atoms with van der Waals surface area (Å²) in [5.41, 5.74) is 2.43. The van der Waals surface area contributed by atoms with Crippen molar-refractivity contribution in [3.05, 3.63) is 54.2 Å². The smallest absolute Gasteiger partial charge is 0.224 e. The molecule has 1 atom stereocenters. The molecular formula is C22H28N4O. The first-order valence-corrected chi connectivity index (χ1v) is 10.0. The maximum atomic E-state index is 12.9. The SMILES string of the molecule is CCn1ccnc1C1CCCN(C(=O)CCn2c(C)cc3ccccc32)C1. The van der Waals surface area contributed by atoms with Gasteiger partial charge < -0.3 is 14.0 Å². The minimum Gasteiger partial charge on any atom is -0.344 e. The van der Waals surface area contributed by atoms with Gasteiger partial charge in [-0.25, -0.2) is 4.98 Å². The number of amides is 1. The van der Waals surface area contributed by atoms with Crippen molar-refractivity contribution < 1.29 is 4.79 Å². The van der Waals surface area contributed by atoms with Crippen LogP contribution in [-0.2, 0) is 17.9 Å². The fraction of sp³-hybridized carbons (Fsp3) is 0.455. The fourth-order valence-electron chi connectivity index (χ4n) is 4.37. The van der Waals surface area contributed by atoms with Gasteiger partial charge in [0.25, 0.3) is 0 Å². The van der Waals surface area contributed by atoms with Crippen LogP contribution in [0.4, 0.5) is 0 Å². The standard InChI is InChI=1S/C22H28N4O/c1-3-24-14-11-23-22(24)19-8-6-12-25(16-19)21(27)10-13-26-17(2)15-18-7-4-5-9-20(18)26/h4-5,7,9,11,14-15,19H,3,6,8,10,12-13,16H2,1-2H3. The Kier molecular flexibility index (Phi) is 5.01. The maximum Gasteiger partial charge on any atom is 0.224 e. The topological polar surface area (TPSA) is 43.1 Å². The number of hydrogen-bond donors (Lipinski definition) is 0. The summed E-state index contributed by atoms with van der Waals surface area (Å²) in [5.74, 6) is 1.74. The van der Waals surface area contributed by atoms with Crippen LogP contribution in [0.5, 0.6) is 0 Å². The van der Waals surface area contributed by atoms with Crippen LogP contribution in [0, 0.1) is 6.92 Å². The van der Waals surface area contributed by atoms with Gasteiger partial charge in [0.15, 0.2) is 0 Å². The van der Waals surface area contributed by atoms with Crippen LogP contribution in [0.2, 0.25) is 0 Å². The van der Waals surface area contributed by atoms with Gasteiger partial charge in [0, 0.05) is 62.1 Å². The number of carbonyl (C=O) groups excluding carboxylic acids is 1. The minimum atomic E-state index is 0.256. The molecule has 2 aromatic heterocycles. The molecule has 1 unspecified atom stereocenters. The lowest BCUT2D eigenvalue weighted by molar-refractivity contribution is -0.132. The molecule has 0 N–H and O–H groups in total. The van der Waals surface area contributed by atoms with Crippen LogP contribution in [0.3, 0.4) is 0 Å². The maximum absolute atomic E-state index is 12.9. The van der Waals surface area contributed by atoms with Crippen molar-refractivity contribution in [1.29, 1.82) is 0 Å². The number of aryl methyl sites for hydroxylation is 3. The van der Waals surface area contributed by atoms with E-state index in [9.17, 15) is 4.79 Å². The van der Waals surface area contributed by atoms with Gasteiger partial charge >= 0.3 is 0 Å². The molecule has 1 amide bonds. The summed E-state index contributed by atoms with van der Waals surface area (Å²) in [6, 6.07) is 10.6. The molecule has 1 saturated heterocycles. The molecule has 4 rings (SSSR count). The Hall–Kier alpha value is -2.56. The molecule has 0 aliphatic carbocycles. The van der Waals surface area contributed by atoms with Crippen molar-refractivity contribution in [2.75, 3.05) is 13.1 Å². The second kappa shape index (κ2) is 7.59. The normalized spacial score (nSPS) is 17.6. The first-order valence-electron chi connectivity index (χ1n) is 10.0. The molecule has 1 aromatic carbocycles. The van der Waals surface area contributed by atoms with Gasteiger partial charge in [0.05, 0.1) is 0 Å². The zero-order chi connectivity index (χ0) is 18.8. The molecule has 0 saturated carbocycles. The number of likely N-dealkylation sites (tertiary alicyclic amines) is 1. The first-order chi connectivity index (χ1) is 13.2. The molecule has 1 fully saturated rings. The predicted molar refractivity (Wildman–Crippen MR) is 108 cm³/mol. The highest BCUT2D eigenvalue weighted by molar-refractivity contribution is 5.82. The van der Waals surface area contributed by atoms with E-state index in [-0.39, 0.29) is 5.91 Å². The first kappa shape index (κ1) is 17.8. The monoisotopic (exact) mass is 364 g/mol. The summed E-state index contributed by atoms with van der Waals surface area (Å²) < 4.78 is 4.46. The highest BCUT2D eigenvalue weighted by Gasteiger charge is 2.27. The lowest BCUT2D eigenvalue weighted by Crippen LogP contribution is -2.40. The van der Waals surface area contributed by atoms with Gasteiger partial charge in [-0.15, -0.1) is 0 Å². The fourth-order valence-corrected chi connectivity index (χ4v) is 4.37. The third-order valence-corrected chi connectivity index (χ3v) is 5.79. The second-order valence-corrected chi connectivity index (χ2v) is 7.50. The van der Waals surface area contributed by atoms with Crippen LogP contribution >= 0.6 is 0 Å². The van der Waals surface area contributed by atoms with E-state index in [1.54, 1.807) is 0 Å². The van der Waals surface area contributed by atoms with Crippen LogP contribution < -0.4 is 0 Å². The van der Waals surface area contributed by atoms with E-state index in [0.717, 1.165) is 44.8 Å². The lowest BCUT2D eigenvalue weighted by atomic mass is 9.97. The Labute approximate surface area is 160 Å². The summed E-state index contributed by atoms with van der Waals surface area (Å²) in [4.78, 5) is 19.5. The molecule has 0 spiro atoms. The minimum absolute atomic E-state index is 0.256. The molecule has 5 nitrogen and oxygen atoms in total. The molecular weight excluding hydrogens is 336 g/mol. The van der Waals surface area contributed by atoms with E-state index < -0.39 is 0 Å². The molecule has 1 aliphatic rings. The average molecular weight is 364 g/mol. The van der Waals surface area contributed by atoms with Crippen LogP contribution in [0.15, 0.2) is 42.7 Å². The number of para-hydroxylation sites is 1. The van der Waals surface area contributed by atoms with Crippen molar-refractivity contribution in [3.63, 3.8) is 0 Å². The van der Waals surface area contributed by atoms with Crippen molar-refractivity contribution in [2.45, 2.75) is 52.1 Å². The zero-order valence-corrected chi connectivity index (χ0v) is 16.3. The van der Waals surface area contributed by atoms with Gasteiger partial charge in [-0.05, 0) is 44.2 Å². The molecule has 27 heavy (non-hydrogen) atoms. The molecule has 5 heteroatoms. The molecule has 0 bridgehead atoms. The van der Waals surface area contributed by atoms with Crippen molar-refractivity contribution >= 4 is 16.8 Å². The van der Waals surface area contributed by atoms with Crippen molar-refractivity contribution in [3.8, 4) is 0 Å². The van der Waals surface area contributed by atoms with Crippen molar-refractivity contribution in [2.24, 2.45) is 0 Å². The number of carbonyl (C=O) groups is 1. The number of nitrogens with zero attached hydrogens (tertiary/aromatic N) is 4. The van der Waals surface area contributed by atoms with E-state index in [1.165, 1.54) is 16.6 Å². The van der Waals surface area contributed by atoms with E-state index in [0.29, 0.717) is 12.3 Å². The Bertz CT molecular complexity index is 939. The Morgan fingerprint density at radius 2 is 2.15 bits per heavy atom. The summed E-state index contributed by atoms with van der Waals surface area (Å²) >= 11 is 0. The number of piperidine rings is 1. The highest BCUT2D eigenvalue weighted by atomic mass is 16.2. The largest absolute Gasteiger partial charge is 0.344 e. The summed E-state index contributed by atoms with van der Waals surface area (Å²) in [6.07, 6.45) is 6.63. The molecule has 3 heterocycles. The van der Waals surface area contributed by atoms with Crippen LogP contribution in [-0.4, -0.2) is 38.0 Å². The van der Waals surface area contributed by atoms with E-state index in [2.05, 4.69) is 58.3 Å². The Morgan fingerprint density at radius 1 is 1.30 bits per heavy atom. The number of hydrogen-bond acceptors (Lipinski definition) is 2. The predicted octanol–water partition coefficient (Wildman–Crippen LogP) is 3.96. The molecule has 1 aliphatic heterocycles. The summed E-state index contributed by atoms with van der Waals surface area (Å²) in [7, 11) is 0. The third kappa shape index (κ3) is 3.51. The highest BCUT2D eigenvalue weighted by Crippen LogP contribution is 2.26. The van der Waals surface area contributed by atoms with Gasteiger partial charge in [-0.2, -0.15) is 0 Å². The Balaban J connectivity index is 1.43. The number of benzene rings is 1. The van der Waals surface area contributed by atoms with E-state index in [1.807, 2.05) is 17.3 Å². The number of aromatic nitrogens is 3. The van der Waals surface area contributed by atoms with Crippen LogP contribution in [0.1, 0.15) is 43.6 Å². The number of fused-ring (bicyclic) bond motifs is 1. The molecule has 3 aromatic rings. The third-order valence-electron chi connectivity index (χ3n) is 5.79. The number of imidazole rings is 1. The zero-order valence-electron chi connectivity index (χ0n) is 16.3. The second-order valence-electron chi connectivity index (χ2n) is 7.50. The van der Waals surface area contributed by atoms with E-state index >= 15 is 0 Å². The van der Waals surface area contributed by atoms with Gasteiger partial charge in [0.1, 0.15) is 5.82 Å². The summed E-state index contributed by atoms with van der Waals surface area (Å²) in [5, 5.41) is 1.24. The molecule has 142 valence electrons. The van der Waals surface area contributed by atoms with Gasteiger partial charge in [-0.3, -0.25) is 4.79 Å². The quantitative estimate of drug-likeness (QED) is 0.688. The van der Waals surface area contributed by atoms with Crippen LogP contribution in [0.25, 0.3) is 10.9 Å². The van der Waals surface area contributed by atoms with Crippen molar-refractivity contribution in [1.82, 2.24) is 19.0 Å². The average Bonchev–Trinajstić information content (AvgIpc) is 3.30. The van der Waals surface area contributed by atoms with E-state index in [4.69, 9.17) is 0 Å². The molecule has 0 radical (unpaired) electrons. The van der Waals surface area contributed by atoms with Gasteiger partial charge in [0.2, 0.25) is 5.91 Å². The Morgan fingerprint density at radius 3 is 3.00 bits per heavy atom. The lowest BCUT2D eigenvalue weighted by Gasteiger charge is -2.33. The summed E-state index contributed by atoms with van der Waals surface area (Å²) in [6.45, 7) is 7.59. The van der Waals surface area contributed by atoms with Gasteiger partial charge in [-0.1, -0.05) is 18.2 Å².